The van der Waals surface area contributed by atoms with Crippen molar-refractivity contribution in [1.29, 1.82) is 0 Å². The monoisotopic (exact) mass is 344 g/mol. The van der Waals surface area contributed by atoms with E-state index in [0.29, 0.717) is 24.7 Å². The number of ketones is 2. The van der Waals surface area contributed by atoms with Crippen molar-refractivity contribution in [3.05, 3.63) is 11.6 Å². The van der Waals surface area contributed by atoms with Crippen LogP contribution in [0.5, 0.6) is 0 Å². The summed E-state index contributed by atoms with van der Waals surface area (Å²) >= 11 is 0. The van der Waals surface area contributed by atoms with Crippen LogP contribution in [0.1, 0.15) is 59.3 Å². The number of ether oxygens (including phenoxy) is 1. The molecule has 5 aliphatic rings. The molecule has 0 amide bonds. The standard InChI is InChI=1S/C21H28O4/c1-11(22)21-17(25-21)9-15-14-5-4-12-8-13(23)6-7-19(12,2)18(14)16(24)10-20(15,21)3/h8,14-18,24H,4-7,9-10H2,1-3H3/t14-,15+,16+,17+,18-,19-,20-,21+/m0/s1. The predicted octanol–water partition coefficient (Wildman–Crippen LogP) is 2.83. The molecule has 1 aliphatic heterocycles. The van der Waals surface area contributed by atoms with E-state index in [9.17, 15) is 14.7 Å². The molecule has 0 aromatic rings. The van der Waals surface area contributed by atoms with Gasteiger partial charge in [-0.15, -0.1) is 0 Å². The Morgan fingerprint density at radius 1 is 1.32 bits per heavy atom. The van der Waals surface area contributed by atoms with Gasteiger partial charge in [-0.2, -0.15) is 0 Å². The fourth-order valence-corrected chi connectivity index (χ4v) is 7.75. The van der Waals surface area contributed by atoms with Crippen molar-refractivity contribution in [2.75, 3.05) is 0 Å². The lowest BCUT2D eigenvalue weighted by Gasteiger charge is -2.60. The van der Waals surface area contributed by atoms with Crippen LogP contribution in [0.2, 0.25) is 0 Å². The number of hydrogen-bond donors (Lipinski definition) is 1. The number of carbonyl (C=O) groups excluding carboxylic acids is 2. The highest BCUT2D eigenvalue weighted by Crippen LogP contribution is 2.73. The smallest absolute Gasteiger partial charge is 0.164 e. The Morgan fingerprint density at radius 3 is 2.80 bits per heavy atom. The predicted molar refractivity (Wildman–Crippen MR) is 91.8 cm³/mol. The quantitative estimate of drug-likeness (QED) is 0.743. The third-order valence-corrected chi connectivity index (χ3v) is 8.85. The van der Waals surface area contributed by atoms with Crippen LogP contribution in [-0.2, 0) is 14.3 Å². The molecule has 5 rings (SSSR count). The summed E-state index contributed by atoms with van der Waals surface area (Å²) in [7, 11) is 0. The van der Waals surface area contributed by atoms with Crippen LogP contribution in [0.15, 0.2) is 11.6 Å². The molecule has 1 N–H and O–H groups in total. The van der Waals surface area contributed by atoms with Crippen LogP contribution in [-0.4, -0.2) is 34.5 Å². The Kier molecular flexibility index (Phi) is 3.00. The first-order valence-electron chi connectivity index (χ1n) is 9.85. The zero-order chi connectivity index (χ0) is 17.8. The highest BCUT2D eigenvalue weighted by atomic mass is 16.6. The average molecular weight is 344 g/mol. The molecule has 3 saturated carbocycles. The fraction of sp³-hybridized carbons (Fsp3) is 0.810. The number of Topliss-reactive ketones (excluding diaryl/α,β-unsaturated/α-hetero) is 1. The molecule has 4 heteroatoms. The van der Waals surface area contributed by atoms with Gasteiger partial charge in [0.2, 0.25) is 0 Å². The summed E-state index contributed by atoms with van der Waals surface area (Å²) in [5.74, 6) is 1.46. The summed E-state index contributed by atoms with van der Waals surface area (Å²) in [5, 5.41) is 11.2. The minimum absolute atomic E-state index is 0.0589. The van der Waals surface area contributed by atoms with Gasteiger partial charge in [-0.3, -0.25) is 9.59 Å². The Labute approximate surface area is 149 Å². The molecule has 0 bridgehead atoms. The summed E-state index contributed by atoms with van der Waals surface area (Å²) in [6.07, 6.45) is 6.54. The van der Waals surface area contributed by atoms with Crippen molar-refractivity contribution in [3.63, 3.8) is 0 Å². The second-order valence-corrected chi connectivity index (χ2v) is 9.71. The average Bonchev–Trinajstić information content (AvgIpc) is 3.22. The van der Waals surface area contributed by atoms with E-state index >= 15 is 0 Å². The van der Waals surface area contributed by atoms with E-state index in [-0.39, 0.29) is 34.4 Å². The first-order valence-corrected chi connectivity index (χ1v) is 9.85. The van der Waals surface area contributed by atoms with Crippen molar-refractivity contribution in [3.8, 4) is 0 Å². The Bertz CT molecular complexity index is 711. The molecule has 25 heavy (non-hydrogen) atoms. The highest BCUT2D eigenvalue weighted by Gasteiger charge is 2.80. The summed E-state index contributed by atoms with van der Waals surface area (Å²) in [6.45, 7) is 6.10. The number of allylic oxidation sites excluding steroid dienone is 1. The van der Waals surface area contributed by atoms with Crippen LogP contribution >= 0.6 is 0 Å². The van der Waals surface area contributed by atoms with E-state index in [1.165, 1.54) is 5.57 Å². The van der Waals surface area contributed by atoms with E-state index < -0.39 is 11.7 Å². The van der Waals surface area contributed by atoms with E-state index in [1.54, 1.807) is 6.92 Å². The van der Waals surface area contributed by atoms with E-state index in [2.05, 4.69) is 13.8 Å². The zero-order valence-corrected chi connectivity index (χ0v) is 15.4. The van der Waals surface area contributed by atoms with Crippen LogP contribution < -0.4 is 0 Å². The van der Waals surface area contributed by atoms with Crippen LogP contribution in [0.25, 0.3) is 0 Å². The van der Waals surface area contributed by atoms with Crippen molar-refractivity contribution >= 4 is 11.6 Å². The summed E-state index contributed by atoms with van der Waals surface area (Å²) in [6, 6.07) is 0. The molecule has 0 unspecified atom stereocenters. The van der Waals surface area contributed by atoms with Gasteiger partial charge in [0.05, 0.1) is 12.2 Å². The topological polar surface area (TPSA) is 66.9 Å². The number of fused-ring (bicyclic) bond motifs is 7. The zero-order valence-electron chi connectivity index (χ0n) is 15.4. The second-order valence-electron chi connectivity index (χ2n) is 9.71. The summed E-state index contributed by atoms with van der Waals surface area (Å²) in [4.78, 5) is 24.3. The van der Waals surface area contributed by atoms with Gasteiger partial charge in [-0.25, -0.2) is 0 Å². The molecular weight excluding hydrogens is 316 g/mol. The largest absolute Gasteiger partial charge is 0.393 e. The van der Waals surface area contributed by atoms with Crippen molar-refractivity contribution in [2.24, 2.45) is 28.6 Å². The maximum Gasteiger partial charge on any atom is 0.164 e. The normalized spacial score (nSPS) is 56.2. The highest BCUT2D eigenvalue weighted by molar-refractivity contribution is 5.92. The summed E-state index contributed by atoms with van der Waals surface area (Å²) < 4.78 is 5.93. The third kappa shape index (κ3) is 1.71. The van der Waals surface area contributed by atoms with Gasteiger partial charge >= 0.3 is 0 Å². The van der Waals surface area contributed by atoms with Crippen molar-refractivity contribution in [1.82, 2.24) is 0 Å². The molecule has 0 radical (unpaired) electrons. The Morgan fingerprint density at radius 2 is 2.08 bits per heavy atom. The molecule has 0 aromatic carbocycles. The van der Waals surface area contributed by atoms with Crippen LogP contribution in [0.3, 0.4) is 0 Å². The molecule has 1 heterocycles. The molecule has 4 nitrogen and oxygen atoms in total. The van der Waals surface area contributed by atoms with Crippen LogP contribution in [0.4, 0.5) is 0 Å². The minimum atomic E-state index is -0.636. The first kappa shape index (κ1) is 16.2. The number of aliphatic hydroxyl groups excluding tert-OH is 1. The Balaban J connectivity index is 1.56. The van der Waals surface area contributed by atoms with E-state index in [0.717, 1.165) is 25.7 Å². The first-order chi connectivity index (χ1) is 11.7. The molecule has 0 spiro atoms. The van der Waals surface area contributed by atoms with Crippen molar-refractivity contribution in [2.45, 2.75) is 77.1 Å². The van der Waals surface area contributed by atoms with Gasteiger partial charge in [-0.1, -0.05) is 19.4 Å². The lowest BCUT2D eigenvalue weighted by molar-refractivity contribution is -0.158. The minimum Gasteiger partial charge on any atom is -0.393 e. The second kappa shape index (κ2) is 4.64. The maximum absolute atomic E-state index is 12.4. The molecule has 8 atom stereocenters. The number of aliphatic hydroxyl groups is 1. The molecule has 4 aliphatic carbocycles. The van der Waals surface area contributed by atoms with E-state index in [1.807, 2.05) is 6.08 Å². The fourth-order valence-electron chi connectivity index (χ4n) is 7.75. The number of carbonyl (C=O) groups is 2. The number of epoxide rings is 1. The maximum atomic E-state index is 12.4. The van der Waals surface area contributed by atoms with Crippen molar-refractivity contribution < 1.29 is 19.4 Å². The van der Waals surface area contributed by atoms with Crippen LogP contribution in [0, 0.1) is 28.6 Å². The summed E-state index contributed by atoms with van der Waals surface area (Å²) in [5.41, 5.74) is 0.317. The van der Waals surface area contributed by atoms with Gasteiger partial charge < -0.3 is 9.84 Å². The SMILES string of the molecule is CC(=O)[C@@]12O[C@@H]1C[C@@H]1[C@@H]3CCC4=CC(=O)CC[C@]4(C)[C@@H]3[C@H](O)C[C@@]12C. The Hall–Kier alpha value is -1.00. The number of hydrogen-bond acceptors (Lipinski definition) is 4. The number of rotatable bonds is 1. The van der Waals surface area contributed by atoms with Gasteiger partial charge in [0.25, 0.3) is 0 Å². The lowest BCUT2D eigenvalue weighted by atomic mass is 9.45. The van der Waals surface area contributed by atoms with Gasteiger partial charge in [-0.05, 0) is 68.3 Å². The van der Waals surface area contributed by atoms with Gasteiger partial charge in [0.1, 0.15) is 0 Å². The van der Waals surface area contributed by atoms with Gasteiger partial charge in [0, 0.05) is 11.8 Å². The molecule has 1 saturated heterocycles. The molecule has 4 fully saturated rings. The molecular formula is C21H28O4. The third-order valence-electron chi connectivity index (χ3n) is 8.85. The molecule has 136 valence electrons. The molecule has 0 aromatic heterocycles. The van der Waals surface area contributed by atoms with Gasteiger partial charge in [0.15, 0.2) is 17.2 Å². The lowest BCUT2D eigenvalue weighted by Crippen LogP contribution is -2.59. The van der Waals surface area contributed by atoms with E-state index in [4.69, 9.17) is 4.74 Å².